The van der Waals surface area contributed by atoms with Crippen LogP contribution in [0.25, 0.3) is 0 Å². The van der Waals surface area contributed by atoms with Crippen LogP contribution in [-0.2, 0) is 21.5 Å². The van der Waals surface area contributed by atoms with E-state index < -0.39 is 37.8 Å². The second-order valence-electron chi connectivity index (χ2n) is 10.5. The summed E-state index contributed by atoms with van der Waals surface area (Å²) in [7, 11) is -7.40. The van der Waals surface area contributed by atoms with Gasteiger partial charge in [-0.3, -0.25) is 0 Å². The standard InChI is InChI=1S/C34H26F6O2P2/c1-23-3-11-27(12-4-23)43(41,28-13-5-24(2)6-14-28)31-19-21-32(22-20-31)44(42,29-15-7-25(8-16-29)33(35,36)37)30-17-9-26(10-18-30)34(38,39)40/h3-22H,1-2H3. The Bertz CT molecular complexity index is 1750. The molecule has 5 aromatic carbocycles. The van der Waals surface area contributed by atoms with E-state index in [0.717, 1.165) is 59.7 Å². The third-order valence-corrected chi connectivity index (χ3v) is 13.6. The van der Waals surface area contributed by atoms with Crippen molar-refractivity contribution in [1.29, 1.82) is 0 Å². The van der Waals surface area contributed by atoms with Crippen molar-refractivity contribution >= 4 is 46.1 Å². The zero-order chi connectivity index (χ0) is 31.9. The minimum atomic E-state index is -4.63. The molecule has 0 atom stereocenters. The highest BCUT2D eigenvalue weighted by atomic mass is 31.2. The molecule has 0 N–H and O–H groups in total. The Labute approximate surface area is 251 Å². The van der Waals surface area contributed by atoms with Gasteiger partial charge in [0.2, 0.25) is 0 Å². The Balaban J connectivity index is 1.67. The van der Waals surface area contributed by atoms with Gasteiger partial charge in [-0.2, -0.15) is 26.3 Å². The highest BCUT2D eigenvalue weighted by Crippen LogP contribution is 2.46. The van der Waals surface area contributed by atoms with Crippen molar-refractivity contribution in [3.8, 4) is 0 Å². The van der Waals surface area contributed by atoms with Gasteiger partial charge in [0, 0.05) is 31.8 Å². The van der Waals surface area contributed by atoms with Gasteiger partial charge in [0.05, 0.1) is 11.1 Å². The highest BCUT2D eigenvalue weighted by Gasteiger charge is 2.36. The molecule has 0 spiro atoms. The molecule has 0 heterocycles. The maximum Gasteiger partial charge on any atom is 0.416 e. The zero-order valence-electron chi connectivity index (χ0n) is 23.5. The van der Waals surface area contributed by atoms with Gasteiger partial charge in [0.15, 0.2) is 14.3 Å². The van der Waals surface area contributed by atoms with Crippen LogP contribution in [0.2, 0.25) is 0 Å². The lowest BCUT2D eigenvalue weighted by Crippen LogP contribution is -2.29. The van der Waals surface area contributed by atoms with Crippen LogP contribution < -0.4 is 31.8 Å². The minimum Gasteiger partial charge on any atom is -0.309 e. The molecule has 0 fully saturated rings. The summed E-state index contributed by atoms with van der Waals surface area (Å²) in [6, 6.07) is 28.2. The average molecular weight is 643 g/mol. The van der Waals surface area contributed by atoms with Gasteiger partial charge in [-0.05, 0) is 38.1 Å². The van der Waals surface area contributed by atoms with Crippen LogP contribution in [-0.4, -0.2) is 0 Å². The zero-order valence-corrected chi connectivity index (χ0v) is 25.3. The van der Waals surface area contributed by atoms with Crippen LogP contribution in [0.5, 0.6) is 0 Å². The summed E-state index contributed by atoms with van der Waals surface area (Å²) in [6.07, 6.45) is -9.27. The van der Waals surface area contributed by atoms with Gasteiger partial charge in [0.25, 0.3) is 0 Å². The Morgan fingerprint density at radius 2 is 0.545 bits per heavy atom. The molecule has 0 aliphatic rings. The van der Waals surface area contributed by atoms with Crippen LogP contribution in [0, 0.1) is 13.8 Å². The van der Waals surface area contributed by atoms with Crippen LogP contribution in [0.1, 0.15) is 22.3 Å². The first-order chi connectivity index (χ1) is 20.6. The Hall–Kier alpha value is -3.86. The number of rotatable bonds is 6. The van der Waals surface area contributed by atoms with Crippen LogP contribution >= 0.6 is 14.3 Å². The van der Waals surface area contributed by atoms with Crippen molar-refractivity contribution in [3.63, 3.8) is 0 Å². The minimum absolute atomic E-state index is 0.0123. The summed E-state index contributed by atoms with van der Waals surface area (Å²) < 4.78 is 110. The fourth-order valence-electron chi connectivity index (χ4n) is 5.00. The molecule has 5 rings (SSSR count). The molecule has 0 saturated heterocycles. The van der Waals surface area contributed by atoms with E-state index in [4.69, 9.17) is 0 Å². The number of aryl methyl sites for hydroxylation is 2. The molecular weight excluding hydrogens is 616 g/mol. The average Bonchev–Trinajstić information content (AvgIpc) is 3.00. The summed E-state index contributed by atoms with van der Waals surface area (Å²) in [5.74, 6) is 0. The second-order valence-corrected chi connectivity index (χ2v) is 16.0. The van der Waals surface area contributed by atoms with E-state index in [0.29, 0.717) is 15.9 Å². The lowest BCUT2D eigenvalue weighted by Gasteiger charge is -2.23. The lowest BCUT2D eigenvalue weighted by molar-refractivity contribution is -0.138. The molecule has 2 nitrogen and oxygen atoms in total. The monoisotopic (exact) mass is 642 g/mol. The van der Waals surface area contributed by atoms with E-state index in [2.05, 4.69) is 0 Å². The summed E-state index contributed by atoms with van der Waals surface area (Å²) in [6.45, 7) is 3.82. The molecule has 0 amide bonds. The lowest BCUT2D eigenvalue weighted by atomic mass is 10.2. The number of alkyl halides is 6. The molecule has 5 aromatic rings. The van der Waals surface area contributed by atoms with E-state index in [9.17, 15) is 35.5 Å². The largest absolute Gasteiger partial charge is 0.416 e. The second kappa shape index (κ2) is 11.6. The molecule has 0 bridgehead atoms. The number of hydrogen-bond donors (Lipinski definition) is 0. The predicted octanol–water partition coefficient (Wildman–Crippen LogP) is 7.62. The van der Waals surface area contributed by atoms with E-state index in [1.165, 1.54) is 12.1 Å². The molecule has 0 saturated carbocycles. The fraction of sp³-hybridized carbons (Fsp3) is 0.118. The first kappa shape index (κ1) is 31.6. The third-order valence-electron chi connectivity index (χ3n) is 7.49. The first-order valence-corrected chi connectivity index (χ1v) is 16.9. The molecule has 0 radical (unpaired) electrons. The van der Waals surface area contributed by atoms with Crippen molar-refractivity contribution in [2.45, 2.75) is 26.2 Å². The van der Waals surface area contributed by atoms with E-state index >= 15 is 0 Å². The predicted molar refractivity (Wildman–Crippen MR) is 165 cm³/mol. The number of halogens is 6. The van der Waals surface area contributed by atoms with Crippen molar-refractivity contribution < 1.29 is 35.5 Å². The van der Waals surface area contributed by atoms with Crippen LogP contribution in [0.4, 0.5) is 26.3 Å². The third kappa shape index (κ3) is 5.94. The normalized spacial score (nSPS) is 12.7. The van der Waals surface area contributed by atoms with Crippen LogP contribution in [0.15, 0.2) is 121 Å². The summed E-state index contributed by atoms with van der Waals surface area (Å²) in [4.78, 5) is 0. The number of hydrogen-bond acceptors (Lipinski definition) is 2. The van der Waals surface area contributed by atoms with Crippen molar-refractivity contribution in [3.05, 3.63) is 144 Å². The molecule has 44 heavy (non-hydrogen) atoms. The van der Waals surface area contributed by atoms with Gasteiger partial charge in [-0.15, -0.1) is 0 Å². The highest BCUT2D eigenvalue weighted by molar-refractivity contribution is 7.86. The van der Waals surface area contributed by atoms with E-state index in [-0.39, 0.29) is 15.9 Å². The maximum atomic E-state index is 14.9. The summed E-state index contributed by atoms with van der Waals surface area (Å²) >= 11 is 0. The summed E-state index contributed by atoms with van der Waals surface area (Å²) in [5.41, 5.74) is 0.0579. The smallest absolute Gasteiger partial charge is 0.309 e. The molecule has 226 valence electrons. The molecule has 10 heteroatoms. The molecule has 0 unspecified atom stereocenters. The molecule has 0 aromatic heterocycles. The van der Waals surface area contributed by atoms with Crippen molar-refractivity contribution in [2.24, 2.45) is 0 Å². The fourth-order valence-corrected chi connectivity index (χ4v) is 10.2. The molecular formula is C34H26F6O2P2. The summed E-state index contributed by atoms with van der Waals surface area (Å²) in [5, 5.41) is 1.78. The number of benzene rings is 5. The quantitative estimate of drug-likeness (QED) is 0.141. The van der Waals surface area contributed by atoms with Crippen LogP contribution in [0.3, 0.4) is 0 Å². The molecule has 0 aliphatic heterocycles. The van der Waals surface area contributed by atoms with Crippen molar-refractivity contribution in [2.75, 3.05) is 0 Å². The van der Waals surface area contributed by atoms with E-state index in [1.807, 2.05) is 38.1 Å². The van der Waals surface area contributed by atoms with Crippen molar-refractivity contribution in [1.82, 2.24) is 0 Å². The van der Waals surface area contributed by atoms with E-state index in [1.54, 1.807) is 36.4 Å². The Morgan fingerprint density at radius 3 is 0.750 bits per heavy atom. The molecule has 0 aliphatic carbocycles. The Kier molecular flexibility index (Phi) is 8.30. The SMILES string of the molecule is Cc1ccc(P(=O)(c2ccc(C)cc2)c2ccc(P(=O)(c3ccc(C(F)(F)F)cc3)c3ccc(C(F)(F)F)cc3)cc2)cc1. The van der Waals surface area contributed by atoms with Gasteiger partial charge >= 0.3 is 12.4 Å². The topological polar surface area (TPSA) is 34.1 Å². The Morgan fingerprint density at radius 1 is 0.364 bits per heavy atom. The first-order valence-electron chi connectivity index (χ1n) is 13.4. The van der Waals surface area contributed by atoms with Gasteiger partial charge in [0.1, 0.15) is 0 Å². The van der Waals surface area contributed by atoms with Gasteiger partial charge < -0.3 is 9.13 Å². The van der Waals surface area contributed by atoms with Gasteiger partial charge in [-0.25, -0.2) is 0 Å². The maximum absolute atomic E-state index is 14.9. The van der Waals surface area contributed by atoms with Gasteiger partial charge in [-0.1, -0.05) is 108 Å².